The maximum atomic E-state index is 14.6. The fourth-order valence-electron chi connectivity index (χ4n) is 2.83. The molecular formula is C19H18F2N6O2. The number of rotatable bonds is 5. The Balaban J connectivity index is 2.13. The third-order valence-electron chi connectivity index (χ3n) is 4.44. The lowest BCUT2D eigenvalue weighted by Crippen LogP contribution is -2.36. The molecule has 29 heavy (non-hydrogen) atoms. The Morgan fingerprint density at radius 1 is 1.34 bits per heavy atom. The number of nitriles is 1. The molecule has 3 rings (SSSR count). The summed E-state index contributed by atoms with van der Waals surface area (Å²) in [5.41, 5.74) is -0.178. The fraction of sp³-hybridized carbons (Fsp3) is 0.316. The molecule has 0 aliphatic rings. The minimum atomic E-state index is -1.05. The number of carboxylic acids is 1. The van der Waals surface area contributed by atoms with Gasteiger partial charge < -0.3 is 10.4 Å². The molecule has 3 aromatic rings. The Morgan fingerprint density at radius 2 is 2.07 bits per heavy atom. The maximum Gasteiger partial charge on any atom is 0.305 e. The Bertz CT molecular complexity index is 1130. The monoisotopic (exact) mass is 400 g/mol. The van der Waals surface area contributed by atoms with Crippen LogP contribution in [0.1, 0.15) is 32.8 Å². The molecule has 0 fully saturated rings. The van der Waals surface area contributed by atoms with E-state index in [9.17, 15) is 23.9 Å². The van der Waals surface area contributed by atoms with Crippen molar-refractivity contribution in [2.24, 2.45) is 5.41 Å². The molecule has 1 atom stereocenters. The lowest BCUT2D eigenvalue weighted by atomic mass is 9.84. The number of hydrogen-bond acceptors (Lipinski definition) is 6. The van der Waals surface area contributed by atoms with Crippen molar-refractivity contribution in [3.63, 3.8) is 0 Å². The zero-order valence-corrected chi connectivity index (χ0v) is 15.9. The molecule has 10 heteroatoms. The van der Waals surface area contributed by atoms with E-state index in [1.807, 2.05) is 26.8 Å². The normalized spacial score (nSPS) is 12.6. The van der Waals surface area contributed by atoms with Crippen molar-refractivity contribution >= 4 is 22.8 Å². The van der Waals surface area contributed by atoms with E-state index >= 15 is 0 Å². The van der Waals surface area contributed by atoms with E-state index < -0.39 is 29.1 Å². The van der Waals surface area contributed by atoms with Gasteiger partial charge in [0.1, 0.15) is 23.3 Å². The highest BCUT2D eigenvalue weighted by atomic mass is 19.1. The van der Waals surface area contributed by atoms with Gasteiger partial charge in [-0.25, -0.2) is 18.7 Å². The van der Waals surface area contributed by atoms with Gasteiger partial charge >= 0.3 is 5.97 Å². The maximum absolute atomic E-state index is 14.6. The van der Waals surface area contributed by atoms with Gasteiger partial charge in [-0.1, -0.05) is 20.8 Å². The highest BCUT2D eigenvalue weighted by molar-refractivity contribution is 5.91. The fourth-order valence-corrected chi connectivity index (χ4v) is 2.83. The van der Waals surface area contributed by atoms with Crippen LogP contribution < -0.4 is 5.32 Å². The molecule has 0 saturated carbocycles. The number of nitrogens with zero attached hydrogens (tertiary/aromatic N) is 4. The highest BCUT2D eigenvalue weighted by Gasteiger charge is 2.29. The SMILES string of the molecule is CC(C)(C)[C@@H](CC(=O)O)Nc1nc(-c2n[nH]c3ncc(F)cc23)c(C#N)cc1F. The summed E-state index contributed by atoms with van der Waals surface area (Å²) in [5, 5.41) is 28.4. The van der Waals surface area contributed by atoms with Gasteiger partial charge in [0, 0.05) is 6.04 Å². The Labute approximate surface area is 164 Å². The van der Waals surface area contributed by atoms with Crippen LogP contribution in [0.3, 0.4) is 0 Å². The number of carbonyl (C=O) groups is 1. The van der Waals surface area contributed by atoms with Crippen LogP contribution in [0.4, 0.5) is 14.6 Å². The van der Waals surface area contributed by atoms with Gasteiger partial charge in [0.15, 0.2) is 17.3 Å². The summed E-state index contributed by atoms with van der Waals surface area (Å²) in [6, 6.07) is 3.38. The smallest absolute Gasteiger partial charge is 0.305 e. The summed E-state index contributed by atoms with van der Waals surface area (Å²) in [5.74, 6) is -2.69. The molecular weight excluding hydrogens is 382 g/mol. The summed E-state index contributed by atoms with van der Waals surface area (Å²) in [4.78, 5) is 19.3. The summed E-state index contributed by atoms with van der Waals surface area (Å²) in [6.07, 6.45) is 0.751. The number of H-pyrrole nitrogens is 1. The molecule has 0 aliphatic carbocycles. The van der Waals surface area contributed by atoms with Gasteiger partial charge in [-0.05, 0) is 17.5 Å². The highest BCUT2D eigenvalue weighted by Crippen LogP contribution is 2.31. The van der Waals surface area contributed by atoms with Gasteiger partial charge in [-0.15, -0.1) is 0 Å². The number of aromatic amines is 1. The van der Waals surface area contributed by atoms with Gasteiger partial charge in [0.2, 0.25) is 0 Å². The average Bonchev–Trinajstić information content (AvgIpc) is 3.04. The molecule has 0 bridgehead atoms. The molecule has 3 N–H and O–H groups in total. The number of pyridine rings is 2. The second-order valence-corrected chi connectivity index (χ2v) is 7.61. The first kappa shape index (κ1) is 20.1. The lowest BCUT2D eigenvalue weighted by Gasteiger charge is -2.31. The second-order valence-electron chi connectivity index (χ2n) is 7.61. The largest absolute Gasteiger partial charge is 0.481 e. The van der Waals surface area contributed by atoms with Crippen molar-refractivity contribution in [3.8, 4) is 17.5 Å². The number of aromatic nitrogens is 4. The molecule has 0 aromatic carbocycles. The van der Waals surface area contributed by atoms with E-state index in [0.717, 1.165) is 12.3 Å². The van der Waals surface area contributed by atoms with E-state index in [1.165, 1.54) is 6.07 Å². The number of halogens is 2. The topological polar surface area (TPSA) is 128 Å². The summed E-state index contributed by atoms with van der Waals surface area (Å²) in [7, 11) is 0. The van der Waals surface area contributed by atoms with Gasteiger partial charge in [0.25, 0.3) is 0 Å². The second kappa shape index (κ2) is 7.43. The van der Waals surface area contributed by atoms with Crippen LogP contribution >= 0.6 is 0 Å². The van der Waals surface area contributed by atoms with E-state index in [0.29, 0.717) is 0 Å². The number of nitrogens with one attached hydrogen (secondary N) is 2. The van der Waals surface area contributed by atoms with Crippen LogP contribution in [0.2, 0.25) is 0 Å². The Hall–Kier alpha value is -3.61. The quantitative estimate of drug-likeness (QED) is 0.598. The van der Waals surface area contributed by atoms with Crippen molar-refractivity contribution in [2.45, 2.75) is 33.2 Å². The number of aliphatic carboxylic acids is 1. The van der Waals surface area contributed by atoms with Crippen LogP contribution in [0.5, 0.6) is 0 Å². The predicted molar refractivity (Wildman–Crippen MR) is 101 cm³/mol. The Morgan fingerprint density at radius 3 is 2.69 bits per heavy atom. The zero-order chi connectivity index (χ0) is 21.3. The predicted octanol–water partition coefficient (Wildman–Crippen LogP) is 3.47. The number of anilines is 1. The standard InChI is InChI=1S/C19H18F2N6O2/c1-19(2,3)13(6-14(28)29)24-18-12(21)4-9(7-22)15(25-18)16-11-5-10(20)8-23-17(11)27-26-16/h4-5,8,13H,6H2,1-3H3,(H,24,25)(H,28,29)(H,23,26,27)/t13-/m1/s1. The third kappa shape index (κ3) is 4.13. The molecule has 3 aromatic heterocycles. The first-order valence-corrected chi connectivity index (χ1v) is 8.69. The van der Waals surface area contributed by atoms with E-state index in [-0.39, 0.29) is 40.2 Å². The minimum absolute atomic E-state index is 0.0260. The van der Waals surface area contributed by atoms with Gasteiger partial charge in [0.05, 0.1) is 23.6 Å². The van der Waals surface area contributed by atoms with Crippen LogP contribution in [-0.4, -0.2) is 37.3 Å². The molecule has 0 unspecified atom stereocenters. The number of carboxylic acid groups (broad SMARTS) is 1. The molecule has 0 saturated heterocycles. The Kier molecular flexibility index (Phi) is 5.16. The molecule has 0 spiro atoms. The van der Waals surface area contributed by atoms with Crippen molar-refractivity contribution < 1.29 is 18.7 Å². The van der Waals surface area contributed by atoms with Gasteiger partial charge in [-0.2, -0.15) is 10.4 Å². The molecule has 0 amide bonds. The van der Waals surface area contributed by atoms with Crippen LogP contribution in [0.15, 0.2) is 18.3 Å². The summed E-state index contributed by atoms with van der Waals surface area (Å²) < 4.78 is 28.2. The average molecular weight is 400 g/mol. The van der Waals surface area contributed by atoms with E-state index in [2.05, 4.69) is 25.5 Å². The minimum Gasteiger partial charge on any atom is -0.481 e. The summed E-state index contributed by atoms with van der Waals surface area (Å²) >= 11 is 0. The van der Waals surface area contributed by atoms with E-state index in [4.69, 9.17) is 0 Å². The van der Waals surface area contributed by atoms with Crippen LogP contribution in [-0.2, 0) is 4.79 Å². The first-order chi connectivity index (χ1) is 13.6. The third-order valence-corrected chi connectivity index (χ3v) is 4.44. The van der Waals surface area contributed by atoms with Crippen LogP contribution in [0.25, 0.3) is 22.4 Å². The lowest BCUT2D eigenvalue weighted by molar-refractivity contribution is -0.137. The molecule has 150 valence electrons. The number of hydrogen-bond donors (Lipinski definition) is 3. The molecule has 8 nitrogen and oxygen atoms in total. The van der Waals surface area contributed by atoms with Crippen molar-refractivity contribution in [3.05, 3.63) is 35.5 Å². The van der Waals surface area contributed by atoms with E-state index in [1.54, 1.807) is 0 Å². The van der Waals surface area contributed by atoms with Crippen molar-refractivity contribution in [1.82, 2.24) is 20.2 Å². The number of fused-ring (bicyclic) bond motifs is 1. The van der Waals surface area contributed by atoms with Crippen molar-refractivity contribution in [2.75, 3.05) is 5.32 Å². The first-order valence-electron chi connectivity index (χ1n) is 8.69. The van der Waals surface area contributed by atoms with Gasteiger partial charge in [-0.3, -0.25) is 9.89 Å². The van der Waals surface area contributed by atoms with Crippen molar-refractivity contribution in [1.29, 1.82) is 5.26 Å². The molecule has 0 radical (unpaired) electrons. The molecule has 0 aliphatic heterocycles. The van der Waals surface area contributed by atoms with Crippen LogP contribution in [0, 0.1) is 28.4 Å². The molecule has 3 heterocycles. The zero-order valence-electron chi connectivity index (χ0n) is 15.9. The summed E-state index contributed by atoms with van der Waals surface area (Å²) in [6.45, 7) is 5.43.